The molecule has 1 heterocycles. The molecule has 0 aromatic heterocycles. The fraction of sp³-hybridized carbons (Fsp3) is 0.337. The third kappa shape index (κ3) is 33.7. The fourth-order valence-corrected chi connectivity index (χ4v) is 12.8. The smallest absolute Gasteiger partial charge is 0.326 e. The maximum absolute atomic E-state index is 13.2. The summed E-state index contributed by atoms with van der Waals surface area (Å²) in [6.07, 6.45) is 8.07. The molecule has 9 aromatic rings. The number of alkyl halides is 9. The lowest BCUT2D eigenvalue weighted by Gasteiger charge is -2.38. The van der Waals surface area contributed by atoms with Gasteiger partial charge in [0, 0.05) is 93.7 Å². The molecule has 0 bridgehead atoms. The molecule has 4 amide bonds. The summed E-state index contributed by atoms with van der Waals surface area (Å²) in [4.78, 5) is 65.5. The predicted molar refractivity (Wildman–Crippen MR) is 420 cm³/mol. The molecular weight excluding hydrogens is 1430 g/mol. The summed E-state index contributed by atoms with van der Waals surface area (Å²) >= 11 is 0. The van der Waals surface area contributed by atoms with Crippen LogP contribution in [0.4, 0.5) is 66.2 Å². The summed E-state index contributed by atoms with van der Waals surface area (Å²) in [6.45, 7) is 5.22. The van der Waals surface area contributed by atoms with Crippen molar-refractivity contribution in [3.8, 4) is 0 Å². The molecular formula is C89H99F9N8O5. The number of carbonyl (C=O) groups is 4. The van der Waals surface area contributed by atoms with Crippen molar-refractivity contribution in [2.45, 2.75) is 179 Å². The van der Waals surface area contributed by atoms with Gasteiger partial charge in [-0.15, -0.1) is 0 Å². The van der Waals surface area contributed by atoms with Gasteiger partial charge in [-0.25, -0.2) is 14.4 Å². The van der Waals surface area contributed by atoms with E-state index in [0.717, 1.165) is 168 Å². The lowest BCUT2D eigenvalue weighted by atomic mass is 9.94. The van der Waals surface area contributed by atoms with E-state index in [4.69, 9.17) is 5.73 Å². The molecule has 0 atom stereocenters. The van der Waals surface area contributed by atoms with Gasteiger partial charge in [0.2, 0.25) is 6.08 Å². The van der Waals surface area contributed by atoms with E-state index in [1.165, 1.54) is 92.0 Å². The van der Waals surface area contributed by atoms with E-state index in [2.05, 4.69) is 68.3 Å². The first-order valence-corrected chi connectivity index (χ1v) is 37.7. The van der Waals surface area contributed by atoms with Gasteiger partial charge in [-0.3, -0.25) is 14.5 Å². The third-order valence-corrected chi connectivity index (χ3v) is 18.9. The molecule has 1 aliphatic heterocycles. The molecule has 4 aliphatic rings. The van der Waals surface area contributed by atoms with Gasteiger partial charge in [-0.1, -0.05) is 227 Å². The van der Waals surface area contributed by atoms with Crippen LogP contribution in [0.25, 0.3) is 0 Å². The number of Topliss-reactive ketones (excluding diaryl/α,β-unsaturated/α-hetero) is 1. The minimum absolute atomic E-state index is 0.0432. The average molecular weight is 1530 g/mol. The molecule has 0 radical (unpaired) electrons. The zero-order valence-electron chi connectivity index (χ0n) is 62.3. The zero-order chi connectivity index (χ0) is 79.5. The maximum Gasteiger partial charge on any atom is 0.416 e. The number of hydrogen-bond acceptors (Lipinski definition) is 9. The van der Waals surface area contributed by atoms with E-state index in [9.17, 15) is 63.5 Å². The van der Waals surface area contributed by atoms with Gasteiger partial charge in [-0.2, -0.15) is 44.5 Å². The highest BCUT2D eigenvalue weighted by molar-refractivity contribution is 5.90. The van der Waals surface area contributed by atoms with Gasteiger partial charge in [-0.05, 0) is 152 Å². The van der Waals surface area contributed by atoms with Crippen molar-refractivity contribution in [1.82, 2.24) is 20.0 Å². The van der Waals surface area contributed by atoms with Gasteiger partial charge in [0.25, 0.3) is 0 Å². The van der Waals surface area contributed by atoms with E-state index < -0.39 is 35.2 Å². The zero-order valence-corrected chi connectivity index (χ0v) is 62.3. The molecule has 0 unspecified atom stereocenters. The monoisotopic (exact) mass is 1530 g/mol. The number of piperidine rings is 1. The van der Waals surface area contributed by atoms with Crippen LogP contribution >= 0.6 is 0 Å². The standard InChI is InChI=1S/C27H28F3N3O.C21H23F3N2O.C13H19N.C8H4F3NO.C7H9N.C7H6O.C6H10O/c28-27(29,30)23-11-13-24(14-12-23)31-26(34)33(20-22-9-5-2-6-10-22)25-15-17-32(18-16-25)19-21-7-3-1-4-8-21;22-21(23,24)17-11-13-18(14-12-17)25-20(27)26(19-9-5-2-6-10-19)15-16-7-3-1-4-8-16;1-3-7-12(8-4-1)11-14-13-9-5-2-6-10-13;9-8(10,11)6-1-3-7(4-2-6)12-5-13;2*8-6-7-4-2-1-3-5-7;7-6-4-2-1-3-5-6/h1-14,25H,15-20H2,(H,31,34);1,3-4,7-8,11-14,19H,2,5-6,9-10,15H2,(H,25,27);1,3-4,7-8,13-14H,2,5-6,9-11H2;1-4H;1-5H,6,8H2;1-6H;1-5H2. The topological polar surface area (TPSA) is 170 Å². The number of halogens is 9. The van der Waals surface area contributed by atoms with E-state index in [1.54, 1.807) is 12.1 Å². The number of isocyanates is 1. The van der Waals surface area contributed by atoms with Gasteiger partial charge in [0.05, 0.1) is 22.4 Å². The van der Waals surface area contributed by atoms with E-state index in [-0.39, 0.29) is 29.8 Å². The van der Waals surface area contributed by atoms with Crippen LogP contribution in [0.5, 0.6) is 0 Å². The van der Waals surface area contributed by atoms with Crippen molar-refractivity contribution in [3.63, 3.8) is 0 Å². The van der Waals surface area contributed by atoms with Crippen LogP contribution < -0.4 is 21.7 Å². The molecule has 5 N–H and O–H groups in total. The Morgan fingerprint density at radius 2 is 0.793 bits per heavy atom. The number of aldehydes is 1. The summed E-state index contributed by atoms with van der Waals surface area (Å²) in [5.41, 5.74) is 10.6. The molecule has 3 saturated carbocycles. The Morgan fingerprint density at radius 1 is 0.441 bits per heavy atom. The third-order valence-electron chi connectivity index (χ3n) is 18.9. The predicted octanol–water partition coefficient (Wildman–Crippen LogP) is 22.4. The minimum atomic E-state index is -4.41. The van der Waals surface area contributed by atoms with Gasteiger partial charge in [0.1, 0.15) is 12.1 Å². The Kier molecular flexibility index (Phi) is 37.6. The molecule has 13 rings (SSSR count). The number of rotatable bonds is 16. The number of benzene rings is 9. The summed E-state index contributed by atoms with van der Waals surface area (Å²) in [5, 5.41) is 9.19. The number of nitrogens with zero attached hydrogens (tertiary/aromatic N) is 4. The van der Waals surface area contributed by atoms with Crippen molar-refractivity contribution in [1.29, 1.82) is 0 Å². The highest BCUT2D eigenvalue weighted by Crippen LogP contribution is 2.34. The van der Waals surface area contributed by atoms with Crippen LogP contribution in [0.2, 0.25) is 0 Å². The lowest BCUT2D eigenvalue weighted by molar-refractivity contribution is -0.138. The first-order valence-electron chi connectivity index (χ1n) is 37.7. The Hall–Kier alpha value is -10.5. The molecule has 9 aromatic carbocycles. The molecule has 3 aliphatic carbocycles. The van der Waals surface area contributed by atoms with Crippen molar-refractivity contribution in [3.05, 3.63) is 305 Å². The van der Waals surface area contributed by atoms with Crippen molar-refractivity contribution in [2.24, 2.45) is 10.7 Å². The Morgan fingerprint density at radius 3 is 1.14 bits per heavy atom. The van der Waals surface area contributed by atoms with Crippen molar-refractivity contribution >= 4 is 47.3 Å². The number of aliphatic imine (C=N–C) groups is 1. The number of urea groups is 2. The van der Waals surface area contributed by atoms with Crippen LogP contribution in [0, 0.1) is 0 Å². The molecule has 111 heavy (non-hydrogen) atoms. The number of hydrogen-bond donors (Lipinski definition) is 4. The molecule has 588 valence electrons. The number of likely N-dealkylation sites (tertiary alicyclic amines) is 1. The van der Waals surface area contributed by atoms with Crippen LogP contribution in [0.15, 0.2) is 260 Å². The number of ketones is 1. The first-order chi connectivity index (χ1) is 53.6. The van der Waals surface area contributed by atoms with Crippen molar-refractivity contribution < 1.29 is 63.5 Å². The number of amides is 4. The second kappa shape index (κ2) is 47.5. The van der Waals surface area contributed by atoms with Gasteiger partial charge in [0.15, 0.2) is 0 Å². The Bertz CT molecular complexity index is 4120. The highest BCUT2D eigenvalue weighted by atomic mass is 19.4. The first kappa shape index (κ1) is 87.7. The number of nitrogens with two attached hydrogens (primary N) is 1. The second-order valence-electron chi connectivity index (χ2n) is 27.3. The average Bonchev–Trinajstić information content (AvgIpc) is 0.834. The van der Waals surface area contributed by atoms with E-state index >= 15 is 0 Å². The minimum Gasteiger partial charge on any atom is -0.326 e. The second-order valence-corrected chi connectivity index (χ2v) is 27.3. The van der Waals surface area contributed by atoms with E-state index in [0.29, 0.717) is 36.8 Å². The Balaban J connectivity index is 0.000000195. The summed E-state index contributed by atoms with van der Waals surface area (Å²) < 4.78 is 113. The molecule has 1 saturated heterocycles. The largest absolute Gasteiger partial charge is 0.416 e. The maximum atomic E-state index is 13.2. The molecule has 4 fully saturated rings. The SMILES string of the molecule is NCc1ccccc1.O=C(Nc1ccc(C(F)(F)F)cc1)N(Cc1ccccc1)C1CCCCC1.O=C(Nc1ccc(C(F)(F)F)cc1)N(Cc1ccccc1)C1CCN(Cc2ccccc2)CC1.O=C1CCCCC1.O=C=Nc1ccc(C(F)(F)F)cc1.O=Cc1ccccc1.c1ccc(CNC2CCCCC2)cc1. The summed E-state index contributed by atoms with van der Waals surface area (Å²) in [5.74, 6) is 0.464. The van der Waals surface area contributed by atoms with Crippen LogP contribution in [0.3, 0.4) is 0 Å². The number of anilines is 2. The Labute approximate surface area is 645 Å². The number of carbonyl (C=O) groups excluding carboxylic acids is 5. The highest BCUT2D eigenvalue weighted by Gasteiger charge is 2.34. The molecule has 0 spiro atoms. The normalized spacial score (nSPS) is 14.6. The van der Waals surface area contributed by atoms with Gasteiger partial charge >= 0.3 is 30.6 Å². The van der Waals surface area contributed by atoms with Gasteiger partial charge < -0.3 is 31.5 Å². The number of nitrogens with one attached hydrogen (secondary N) is 3. The van der Waals surface area contributed by atoms with Crippen molar-refractivity contribution in [2.75, 3.05) is 23.7 Å². The van der Waals surface area contributed by atoms with Crippen LogP contribution in [-0.2, 0) is 60.8 Å². The fourth-order valence-electron chi connectivity index (χ4n) is 12.8. The lowest BCUT2D eigenvalue weighted by Crippen LogP contribution is -2.48. The molecule has 22 heteroatoms. The van der Waals surface area contributed by atoms with E-state index in [1.807, 2.05) is 137 Å². The van der Waals surface area contributed by atoms with Crippen LogP contribution in [-0.4, -0.2) is 76.1 Å². The summed E-state index contributed by atoms with van der Waals surface area (Å²) in [7, 11) is 0. The molecule has 13 nitrogen and oxygen atoms in total. The quantitative estimate of drug-likeness (QED) is 0.0321. The van der Waals surface area contributed by atoms with Crippen LogP contribution in [0.1, 0.15) is 164 Å². The summed E-state index contributed by atoms with van der Waals surface area (Å²) in [6, 6.07) is 73.0.